The Balaban J connectivity index is 1.86. The smallest absolute Gasteiger partial charge is 0.175 e. The van der Waals surface area contributed by atoms with Crippen molar-refractivity contribution in [2.45, 2.75) is 4.90 Å². The fraction of sp³-hybridized carbons (Fsp3) is 0.105. The van der Waals surface area contributed by atoms with Gasteiger partial charge in [-0.25, -0.2) is 13.1 Å². The maximum Gasteiger partial charge on any atom is 0.175 e. The average molecular weight is 354 g/mol. The lowest BCUT2D eigenvalue weighted by Crippen LogP contribution is -2.01. The Bertz CT molecular complexity index is 986. The topological polar surface area (TPSA) is 61.2 Å². The second-order valence-corrected chi connectivity index (χ2v) is 7.56. The summed E-state index contributed by atoms with van der Waals surface area (Å²) in [5.41, 5.74) is 2.73. The van der Waals surface area contributed by atoms with Crippen molar-refractivity contribution in [3.63, 3.8) is 0 Å². The van der Waals surface area contributed by atoms with E-state index in [0.29, 0.717) is 4.90 Å². The van der Waals surface area contributed by atoms with E-state index < -0.39 is 9.84 Å². The summed E-state index contributed by atoms with van der Waals surface area (Å²) in [6, 6.07) is 16.3. The molecule has 128 valence electrons. The first kappa shape index (κ1) is 17.0. The molecule has 0 N–H and O–H groups in total. The van der Waals surface area contributed by atoms with Gasteiger partial charge in [-0.3, -0.25) is 0 Å². The molecule has 6 heteroatoms. The zero-order chi connectivity index (χ0) is 17.9. The van der Waals surface area contributed by atoms with Gasteiger partial charge in [0.2, 0.25) is 0 Å². The third-order valence-corrected chi connectivity index (χ3v) is 4.87. The molecule has 0 aliphatic carbocycles. The Kier molecular flexibility index (Phi) is 4.72. The normalized spacial score (nSPS) is 11.8. The molecule has 0 aliphatic rings. The molecule has 0 atom stereocenters. The maximum absolute atomic E-state index is 11.6. The first-order chi connectivity index (χ1) is 12.0. The minimum absolute atomic E-state index is 0.290. The van der Waals surface area contributed by atoms with Crippen molar-refractivity contribution in [3.8, 4) is 11.4 Å². The number of methoxy groups -OCH3 is 1. The number of ether oxygens (including phenoxy) is 1. The molecule has 5 nitrogen and oxygen atoms in total. The predicted molar refractivity (Wildman–Crippen MR) is 98.6 cm³/mol. The molecule has 0 unspecified atom stereocenters. The molecule has 0 saturated heterocycles. The number of nitrogens with zero attached hydrogens (tertiary/aromatic N) is 2. The number of hydrogen-bond acceptors (Lipinski definition) is 4. The standard InChI is InChI=1S/C19H18N2O3S/c1-24-18-9-4-15(5-10-18)3-6-17-13-14-20-21(17)16-7-11-19(12-8-16)25(2,22)23/h3-14H,1-2H3/b6-3+. The minimum Gasteiger partial charge on any atom is -0.497 e. The Morgan fingerprint density at radius 1 is 0.960 bits per heavy atom. The van der Waals surface area contributed by atoms with E-state index in [9.17, 15) is 8.42 Å². The summed E-state index contributed by atoms with van der Waals surface area (Å²) < 4.78 is 30.0. The van der Waals surface area contributed by atoms with E-state index in [1.807, 2.05) is 42.5 Å². The molecule has 3 rings (SSSR count). The quantitative estimate of drug-likeness (QED) is 0.704. The molecule has 0 fully saturated rings. The fourth-order valence-corrected chi connectivity index (χ4v) is 3.02. The van der Waals surface area contributed by atoms with E-state index in [1.54, 1.807) is 42.3 Å². The van der Waals surface area contributed by atoms with E-state index in [2.05, 4.69) is 5.10 Å². The van der Waals surface area contributed by atoms with Crippen LogP contribution < -0.4 is 4.74 Å². The number of aromatic nitrogens is 2. The van der Waals surface area contributed by atoms with Gasteiger partial charge in [0.15, 0.2) is 9.84 Å². The molecular weight excluding hydrogens is 336 g/mol. The molecular formula is C19H18N2O3S. The van der Waals surface area contributed by atoms with Crippen LogP contribution in [-0.4, -0.2) is 31.6 Å². The summed E-state index contributed by atoms with van der Waals surface area (Å²) in [4.78, 5) is 0.290. The minimum atomic E-state index is -3.20. The van der Waals surface area contributed by atoms with Crippen LogP contribution in [0.4, 0.5) is 0 Å². The molecule has 2 aromatic carbocycles. The molecule has 0 bridgehead atoms. The van der Waals surface area contributed by atoms with E-state index in [-0.39, 0.29) is 0 Å². The summed E-state index contributed by atoms with van der Waals surface area (Å²) in [6.07, 6.45) is 6.84. The number of benzene rings is 2. The third-order valence-electron chi connectivity index (χ3n) is 3.74. The summed E-state index contributed by atoms with van der Waals surface area (Å²) in [5, 5.41) is 4.31. The maximum atomic E-state index is 11.6. The molecule has 1 heterocycles. The molecule has 25 heavy (non-hydrogen) atoms. The lowest BCUT2D eigenvalue weighted by Gasteiger charge is -2.06. The van der Waals surface area contributed by atoms with E-state index >= 15 is 0 Å². The molecule has 0 amide bonds. The average Bonchev–Trinajstić information content (AvgIpc) is 3.08. The van der Waals surface area contributed by atoms with Crippen LogP contribution in [0.1, 0.15) is 11.3 Å². The molecule has 1 aromatic heterocycles. The highest BCUT2D eigenvalue weighted by atomic mass is 32.2. The largest absolute Gasteiger partial charge is 0.497 e. The van der Waals surface area contributed by atoms with Crippen LogP contribution in [0, 0.1) is 0 Å². The van der Waals surface area contributed by atoms with Gasteiger partial charge in [0.05, 0.1) is 29.6 Å². The van der Waals surface area contributed by atoms with Crippen molar-refractivity contribution in [3.05, 3.63) is 72.1 Å². The van der Waals surface area contributed by atoms with E-state index in [1.165, 1.54) is 6.26 Å². The SMILES string of the molecule is COc1ccc(/C=C/c2ccnn2-c2ccc(S(C)(=O)=O)cc2)cc1. The zero-order valence-corrected chi connectivity index (χ0v) is 14.8. The van der Waals surface area contributed by atoms with Gasteiger partial charge >= 0.3 is 0 Å². The van der Waals surface area contributed by atoms with Crippen LogP contribution in [0.3, 0.4) is 0 Å². The van der Waals surface area contributed by atoms with Crippen LogP contribution in [0.2, 0.25) is 0 Å². The highest BCUT2D eigenvalue weighted by Crippen LogP contribution is 2.17. The molecule has 0 spiro atoms. The van der Waals surface area contributed by atoms with Gasteiger partial charge in [-0.1, -0.05) is 18.2 Å². The van der Waals surface area contributed by atoms with Crippen LogP contribution in [-0.2, 0) is 9.84 Å². The van der Waals surface area contributed by atoms with E-state index in [0.717, 1.165) is 22.7 Å². The number of hydrogen-bond donors (Lipinski definition) is 0. The lowest BCUT2D eigenvalue weighted by atomic mass is 10.2. The molecule has 3 aromatic rings. The molecule has 0 saturated carbocycles. The second-order valence-electron chi connectivity index (χ2n) is 5.54. The third kappa shape index (κ3) is 3.97. The summed E-state index contributed by atoms with van der Waals surface area (Å²) in [6.45, 7) is 0. The van der Waals surface area contributed by atoms with Crippen molar-refractivity contribution in [2.24, 2.45) is 0 Å². The first-order valence-electron chi connectivity index (χ1n) is 7.64. The summed E-state index contributed by atoms with van der Waals surface area (Å²) in [5.74, 6) is 0.813. The highest BCUT2D eigenvalue weighted by Gasteiger charge is 2.08. The monoisotopic (exact) mass is 354 g/mol. The Hall–Kier alpha value is -2.86. The second kappa shape index (κ2) is 6.94. The van der Waals surface area contributed by atoms with Crippen molar-refractivity contribution >= 4 is 22.0 Å². The van der Waals surface area contributed by atoms with Gasteiger partial charge in [0.25, 0.3) is 0 Å². The van der Waals surface area contributed by atoms with Crippen LogP contribution in [0.15, 0.2) is 65.7 Å². The van der Waals surface area contributed by atoms with Gasteiger partial charge in [0.1, 0.15) is 5.75 Å². The van der Waals surface area contributed by atoms with Gasteiger partial charge in [-0.2, -0.15) is 5.10 Å². The lowest BCUT2D eigenvalue weighted by molar-refractivity contribution is 0.415. The van der Waals surface area contributed by atoms with Gasteiger partial charge in [-0.15, -0.1) is 0 Å². The van der Waals surface area contributed by atoms with E-state index in [4.69, 9.17) is 4.74 Å². The van der Waals surface area contributed by atoms with Crippen molar-refractivity contribution < 1.29 is 13.2 Å². The Morgan fingerprint density at radius 2 is 1.64 bits per heavy atom. The zero-order valence-electron chi connectivity index (χ0n) is 14.0. The highest BCUT2D eigenvalue weighted by molar-refractivity contribution is 7.90. The van der Waals surface area contributed by atoms with Gasteiger partial charge < -0.3 is 4.74 Å². The summed E-state index contributed by atoms with van der Waals surface area (Å²) in [7, 11) is -1.57. The van der Waals surface area contributed by atoms with Crippen molar-refractivity contribution in [1.29, 1.82) is 0 Å². The summed E-state index contributed by atoms with van der Waals surface area (Å²) >= 11 is 0. The van der Waals surface area contributed by atoms with Crippen LogP contribution >= 0.6 is 0 Å². The Labute approximate surface area is 147 Å². The number of sulfone groups is 1. The van der Waals surface area contributed by atoms with Gasteiger partial charge in [0, 0.05) is 6.26 Å². The molecule has 0 aliphatic heterocycles. The number of rotatable bonds is 5. The first-order valence-corrected chi connectivity index (χ1v) is 9.53. The predicted octanol–water partition coefficient (Wildman–Crippen LogP) is 3.45. The van der Waals surface area contributed by atoms with Crippen molar-refractivity contribution in [2.75, 3.05) is 13.4 Å². The van der Waals surface area contributed by atoms with Crippen LogP contribution in [0.5, 0.6) is 5.75 Å². The van der Waals surface area contributed by atoms with Crippen molar-refractivity contribution in [1.82, 2.24) is 9.78 Å². The van der Waals surface area contributed by atoms with Gasteiger partial charge in [-0.05, 0) is 54.1 Å². The Morgan fingerprint density at radius 3 is 2.24 bits per heavy atom. The van der Waals surface area contributed by atoms with Crippen LogP contribution in [0.25, 0.3) is 17.8 Å². The fourth-order valence-electron chi connectivity index (χ4n) is 2.39. The molecule has 0 radical (unpaired) electrons.